The minimum atomic E-state index is -3.82. The van der Waals surface area contributed by atoms with Crippen LogP contribution in [0.2, 0.25) is 0 Å². The van der Waals surface area contributed by atoms with E-state index >= 15 is 4.39 Å². The maximum absolute atomic E-state index is 15.2. The predicted octanol–water partition coefficient (Wildman–Crippen LogP) is 1.53. The molecule has 4 aromatic heterocycles. The zero-order valence-corrected chi connectivity index (χ0v) is 22.6. The Balaban J connectivity index is 1.22. The van der Waals surface area contributed by atoms with Crippen LogP contribution in [0.5, 0.6) is 0 Å². The number of nitrogen functional groups attached to an aromatic ring is 1. The first-order valence-electron chi connectivity index (χ1n) is 12.5. The molecule has 1 unspecified atom stereocenters. The Morgan fingerprint density at radius 1 is 1.25 bits per heavy atom. The lowest BCUT2D eigenvalue weighted by atomic mass is 10.1. The summed E-state index contributed by atoms with van der Waals surface area (Å²) < 4.78 is 49.7. The molecular formula is C23H27FN7O7PS. The minimum absolute atomic E-state index is 0.155. The first-order valence-corrected chi connectivity index (χ1v) is 15.4. The fourth-order valence-corrected chi connectivity index (χ4v) is 7.73. The smallest absolute Gasteiger partial charge is 0.276 e. The van der Waals surface area contributed by atoms with Crippen molar-refractivity contribution in [1.82, 2.24) is 29.1 Å². The number of fused-ring (bicyclic) bond motifs is 2. The third kappa shape index (κ3) is 4.62. The largest absolute Gasteiger partial charge is 0.396 e. The highest BCUT2D eigenvalue weighted by Crippen LogP contribution is 2.64. The molecule has 17 heteroatoms. The van der Waals surface area contributed by atoms with Gasteiger partial charge in [0.05, 0.1) is 35.6 Å². The van der Waals surface area contributed by atoms with Gasteiger partial charge in [0, 0.05) is 19.0 Å². The summed E-state index contributed by atoms with van der Waals surface area (Å²) in [6.45, 7) is -4.39. The van der Waals surface area contributed by atoms with E-state index in [1.54, 1.807) is 16.7 Å². The van der Waals surface area contributed by atoms with Crippen molar-refractivity contribution < 1.29 is 33.2 Å². The van der Waals surface area contributed by atoms with Crippen molar-refractivity contribution in [3.8, 4) is 0 Å². The number of alkyl halides is 1. The number of ether oxygens (including phenoxy) is 2. The van der Waals surface area contributed by atoms with Crippen molar-refractivity contribution in [1.29, 1.82) is 0 Å². The number of aromatic nitrogens is 6. The first-order chi connectivity index (χ1) is 19.2. The van der Waals surface area contributed by atoms with E-state index < -0.39 is 61.3 Å². The number of nitrogens with zero attached hydrogens (tertiary/aromatic N) is 5. The topological polar surface area (TPSA) is 193 Å². The zero-order valence-electron chi connectivity index (χ0n) is 20.9. The van der Waals surface area contributed by atoms with Crippen molar-refractivity contribution >= 4 is 46.7 Å². The highest BCUT2D eigenvalue weighted by molar-refractivity contribution is 8.46. The maximum atomic E-state index is 15.2. The number of aliphatic hydroxyl groups is 2. The van der Waals surface area contributed by atoms with Crippen LogP contribution >= 0.6 is 18.8 Å². The number of pyridine rings is 1. The summed E-state index contributed by atoms with van der Waals surface area (Å²) in [6.07, 6.45) is -1.01. The molecule has 0 bridgehead atoms. The average Bonchev–Trinajstić information content (AvgIpc) is 3.70. The van der Waals surface area contributed by atoms with Crippen LogP contribution in [0.15, 0.2) is 42.0 Å². The quantitative estimate of drug-likeness (QED) is 0.147. The summed E-state index contributed by atoms with van der Waals surface area (Å²) in [5.74, 6) is 0.219. The van der Waals surface area contributed by atoms with E-state index in [2.05, 4.69) is 32.2 Å². The molecule has 8 atom stereocenters. The van der Waals surface area contributed by atoms with Gasteiger partial charge in [0.15, 0.2) is 17.9 Å². The minimum Gasteiger partial charge on any atom is -0.396 e. The molecule has 214 valence electrons. The van der Waals surface area contributed by atoms with Crippen molar-refractivity contribution in [3.63, 3.8) is 0 Å². The van der Waals surface area contributed by atoms with Gasteiger partial charge in [-0.2, -0.15) is 0 Å². The molecule has 0 saturated carbocycles. The second-order valence-electron chi connectivity index (χ2n) is 9.74. The molecule has 0 aliphatic carbocycles. The number of H-pyrrole nitrogens is 1. The number of rotatable bonds is 8. The second-order valence-corrected chi connectivity index (χ2v) is 13.5. The Morgan fingerprint density at radius 2 is 2.08 bits per heavy atom. The van der Waals surface area contributed by atoms with Gasteiger partial charge in [-0.1, -0.05) is 12.2 Å². The number of imidazole rings is 1. The molecule has 0 spiro atoms. The van der Waals surface area contributed by atoms with Crippen LogP contribution in [0, 0.1) is 0 Å². The van der Waals surface area contributed by atoms with Crippen molar-refractivity contribution in [2.75, 3.05) is 18.9 Å². The van der Waals surface area contributed by atoms with Gasteiger partial charge < -0.3 is 44.1 Å². The van der Waals surface area contributed by atoms with Crippen molar-refractivity contribution in [2.45, 2.75) is 55.4 Å². The van der Waals surface area contributed by atoms with Crippen LogP contribution in [-0.2, 0) is 18.6 Å². The van der Waals surface area contributed by atoms with Gasteiger partial charge in [-0.15, -0.1) is 0 Å². The molecule has 40 heavy (non-hydrogen) atoms. The Bertz CT molecular complexity index is 1650. The molecule has 5 N–H and O–H groups in total. The van der Waals surface area contributed by atoms with E-state index in [0.717, 1.165) is 0 Å². The molecule has 0 aromatic carbocycles. The SMILES string of the molecule is Nc1ncnc2c1ccn2[C@@H]1O[C@H](COP(=O)(S)[C@@H]2C[C@@H](CCO)O[C@H]2n2cnc3c(=O)[nH]ccc32)[C@@H](O)[C@@H]1F. The van der Waals surface area contributed by atoms with E-state index in [-0.39, 0.29) is 30.8 Å². The van der Waals surface area contributed by atoms with Gasteiger partial charge in [-0.05, 0) is 25.0 Å². The summed E-state index contributed by atoms with van der Waals surface area (Å²) in [6, 6.07) is 3.26. The Morgan fingerprint density at radius 3 is 2.88 bits per heavy atom. The summed E-state index contributed by atoms with van der Waals surface area (Å²) >= 11 is 4.38. The van der Waals surface area contributed by atoms with Gasteiger partial charge in [0.1, 0.15) is 36.2 Å². The molecule has 6 rings (SSSR count). The Kier molecular flexibility index (Phi) is 7.19. The molecule has 14 nitrogen and oxygen atoms in total. The Labute approximate surface area is 230 Å². The fraction of sp³-hybridized carbons (Fsp3) is 0.478. The lowest BCUT2D eigenvalue weighted by molar-refractivity contribution is -0.0409. The normalized spacial score (nSPS) is 30.4. The molecule has 0 radical (unpaired) electrons. The van der Waals surface area contributed by atoms with Crippen LogP contribution in [-0.4, -0.2) is 82.6 Å². The number of halogens is 1. The van der Waals surface area contributed by atoms with Crippen molar-refractivity contribution in [2.24, 2.45) is 0 Å². The number of nitrogens with one attached hydrogen (secondary N) is 1. The van der Waals surface area contributed by atoms with Gasteiger partial charge in [0.2, 0.25) is 0 Å². The molecule has 4 aromatic rings. The number of hydrogen-bond acceptors (Lipinski definition) is 11. The number of nitrogens with two attached hydrogens (primary N) is 1. The average molecular weight is 596 g/mol. The Hall–Kier alpha value is -2.85. The van der Waals surface area contributed by atoms with Crippen LogP contribution in [0.1, 0.15) is 25.3 Å². The van der Waals surface area contributed by atoms with Gasteiger partial charge in [0.25, 0.3) is 12.1 Å². The van der Waals surface area contributed by atoms with Crippen LogP contribution in [0.4, 0.5) is 10.2 Å². The van der Waals surface area contributed by atoms with Crippen LogP contribution in [0.25, 0.3) is 22.1 Å². The highest BCUT2D eigenvalue weighted by Gasteiger charge is 2.50. The number of aliphatic hydroxyl groups excluding tert-OH is 2. The fourth-order valence-electron chi connectivity index (χ4n) is 5.32. The van der Waals surface area contributed by atoms with E-state index in [1.165, 1.54) is 29.6 Å². The predicted molar refractivity (Wildman–Crippen MR) is 144 cm³/mol. The summed E-state index contributed by atoms with van der Waals surface area (Å²) in [4.78, 5) is 26.9. The van der Waals surface area contributed by atoms with E-state index in [1.807, 2.05) is 0 Å². The molecule has 2 fully saturated rings. The number of aromatic amines is 1. The highest BCUT2D eigenvalue weighted by atomic mass is 32.7. The van der Waals surface area contributed by atoms with E-state index in [0.29, 0.717) is 16.6 Å². The second kappa shape index (κ2) is 10.5. The number of anilines is 1. The summed E-state index contributed by atoms with van der Waals surface area (Å²) in [5.41, 5.74) is 5.63. The maximum Gasteiger partial charge on any atom is 0.276 e. The van der Waals surface area contributed by atoms with Crippen LogP contribution in [0.3, 0.4) is 0 Å². The van der Waals surface area contributed by atoms with Gasteiger partial charge in [-0.25, -0.2) is 19.3 Å². The molecule has 2 aliphatic heterocycles. The zero-order chi connectivity index (χ0) is 28.2. The van der Waals surface area contributed by atoms with Gasteiger partial charge >= 0.3 is 0 Å². The van der Waals surface area contributed by atoms with Gasteiger partial charge in [-0.3, -0.25) is 9.36 Å². The molecule has 0 amide bonds. The third-order valence-electron chi connectivity index (χ3n) is 7.34. The number of hydrogen-bond donors (Lipinski definition) is 5. The monoisotopic (exact) mass is 595 g/mol. The van der Waals surface area contributed by atoms with E-state index in [9.17, 15) is 19.6 Å². The lowest BCUT2D eigenvalue weighted by Crippen LogP contribution is -2.31. The molecule has 6 heterocycles. The standard InChI is InChI=1S/C23H27FN7O7PS/c24-16-18(33)14(38-23(16)30-5-2-12-19(25)27-9-28-20(12)30)8-36-39(35,40)15-7-11(3-6-32)37-22(15)31-10-29-17-13(31)1-4-26-21(17)34/h1-2,4-5,9-11,14-16,18,22-23,32-33H,3,6-8H2,(H,26,34)(H,35,40)(H2,25,27,28)/t11-,14-,15-,16+,18-,22-,23-,39?/m1/s1. The van der Waals surface area contributed by atoms with E-state index in [4.69, 9.17) is 19.7 Å². The summed E-state index contributed by atoms with van der Waals surface area (Å²) in [7, 11) is 0. The molecule has 2 saturated heterocycles. The summed E-state index contributed by atoms with van der Waals surface area (Å²) in [5, 5.41) is 20.6. The molecule has 2 aliphatic rings. The van der Waals surface area contributed by atoms with Crippen molar-refractivity contribution in [3.05, 3.63) is 47.5 Å². The molecular weight excluding hydrogens is 568 g/mol. The first kappa shape index (κ1) is 27.3. The lowest BCUT2D eigenvalue weighted by Gasteiger charge is -2.26. The number of thiol groups is 1. The van der Waals surface area contributed by atoms with Crippen LogP contribution < -0.4 is 11.3 Å². The third-order valence-corrected chi connectivity index (χ3v) is 10.4.